The quantitative estimate of drug-likeness (QED) is 0.583. The first-order valence-electron chi connectivity index (χ1n) is 10.1. The topological polar surface area (TPSA) is 67.4 Å². The van der Waals surface area contributed by atoms with Crippen LogP contribution in [-0.2, 0) is 13.1 Å². The molecular formula is C22H27ClFN5O2. The van der Waals surface area contributed by atoms with Gasteiger partial charge in [0, 0.05) is 19.1 Å². The van der Waals surface area contributed by atoms with Gasteiger partial charge in [-0.15, -0.1) is 12.4 Å². The first-order chi connectivity index (χ1) is 14.3. The van der Waals surface area contributed by atoms with Crippen molar-refractivity contribution < 1.29 is 13.6 Å². The van der Waals surface area contributed by atoms with E-state index in [0.29, 0.717) is 48.0 Å². The molecule has 1 aromatic carbocycles. The lowest BCUT2D eigenvalue weighted by Gasteiger charge is -2.29. The highest BCUT2D eigenvalue weighted by atomic mass is 35.5. The van der Waals surface area contributed by atoms with Crippen molar-refractivity contribution in [2.24, 2.45) is 0 Å². The standard InChI is InChI=1S/C22H26FN5O2.ClH/c1-13(2)27(14(3)4)10-16-9-24-21(30-16)20-19-11-26(5)22(29)17-8-15(23)6-7-18(17)28(19)12-25-20;/h6-9,12-14H,10-11H2,1-5H3;1H. The molecule has 0 saturated heterocycles. The maximum atomic E-state index is 13.8. The molecule has 0 fully saturated rings. The molecule has 9 heteroatoms. The summed E-state index contributed by atoms with van der Waals surface area (Å²) in [5.74, 6) is 0.487. The predicted octanol–water partition coefficient (Wildman–Crippen LogP) is 4.29. The normalized spacial score (nSPS) is 13.5. The second-order valence-electron chi connectivity index (χ2n) is 8.22. The molecule has 1 aliphatic heterocycles. The minimum absolute atomic E-state index is 0. The first-order valence-corrected chi connectivity index (χ1v) is 10.1. The summed E-state index contributed by atoms with van der Waals surface area (Å²) in [4.78, 5) is 25.6. The zero-order chi connectivity index (χ0) is 21.6. The molecule has 0 unspecified atom stereocenters. The molecule has 0 atom stereocenters. The van der Waals surface area contributed by atoms with Crippen molar-refractivity contribution >= 4 is 18.3 Å². The van der Waals surface area contributed by atoms with Gasteiger partial charge in [0.05, 0.1) is 36.2 Å². The van der Waals surface area contributed by atoms with E-state index in [-0.39, 0.29) is 18.3 Å². The van der Waals surface area contributed by atoms with Gasteiger partial charge in [-0.3, -0.25) is 14.3 Å². The zero-order valence-electron chi connectivity index (χ0n) is 18.3. The second-order valence-corrected chi connectivity index (χ2v) is 8.22. The van der Waals surface area contributed by atoms with Crippen LogP contribution in [-0.4, -0.2) is 49.4 Å². The van der Waals surface area contributed by atoms with E-state index in [2.05, 4.69) is 42.6 Å². The number of rotatable bonds is 5. The van der Waals surface area contributed by atoms with E-state index in [4.69, 9.17) is 4.42 Å². The van der Waals surface area contributed by atoms with Crippen LogP contribution in [0.3, 0.4) is 0 Å². The fourth-order valence-electron chi connectivity index (χ4n) is 3.93. The van der Waals surface area contributed by atoms with Crippen LogP contribution in [0.4, 0.5) is 4.39 Å². The van der Waals surface area contributed by atoms with Crippen LogP contribution in [0.2, 0.25) is 0 Å². The van der Waals surface area contributed by atoms with Gasteiger partial charge in [0.15, 0.2) is 0 Å². The monoisotopic (exact) mass is 447 g/mol. The molecule has 7 nitrogen and oxygen atoms in total. The zero-order valence-corrected chi connectivity index (χ0v) is 19.1. The average Bonchev–Trinajstić information content (AvgIpc) is 3.29. The Bertz CT molecular complexity index is 1080. The Hall–Kier alpha value is -2.71. The summed E-state index contributed by atoms with van der Waals surface area (Å²) in [6, 6.07) is 4.95. The molecule has 0 spiro atoms. The number of hydrogen-bond donors (Lipinski definition) is 0. The third-order valence-electron chi connectivity index (χ3n) is 5.47. The first kappa shape index (κ1) is 23.0. The summed E-state index contributed by atoms with van der Waals surface area (Å²) in [6.07, 6.45) is 3.36. The molecule has 0 radical (unpaired) electrons. The van der Waals surface area contributed by atoms with E-state index >= 15 is 0 Å². The molecule has 2 aromatic heterocycles. The Labute approximate surface area is 187 Å². The molecule has 166 valence electrons. The van der Waals surface area contributed by atoms with E-state index in [9.17, 15) is 9.18 Å². The molecule has 1 aliphatic rings. The smallest absolute Gasteiger partial charge is 0.256 e. The van der Waals surface area contributed by atoms with Gasteiger partial charge in [-0.25, -0.2) is 14.4 Å². The van der Waals surface area contributed by atoms with Crippen molar-refractivity contribution in [3.63, 3.8) is 0 Å². The Morgan fingerprint density at radius 1 is 1.19 bits per heavy atom. The molecule has 3 heterocycles. The third kappa shape index (κ3) is 4.22. The lowest BCUT2D eigenvalue weighted by Crippen LogP contribution is -2.36. The van der Waals surface area contributed by atoms with Crippen LogP contribution >= 0.6 is 12.4 Å². The van der Waals surface area contributed by atoms with Gasteiger partial charge in [0.1, 0.15) is 23.6 Å². The average molecular weight is 448 g/mol. The van der Waals surface area contributed by atoms with Crippen molar-refractivity contribution in [1.82, 2.24) is 24.3 Å². The molecule has 0 bridgehead atoms. The van der Waals surface area contributed by atoms with Crippen molar-refractivity contribution in [3.8, 4) is 17.3 Å². The van der Waals surface area contributed by atoms with Crippen molar-refractivity contribution in [1.29, 1.82) is 0 Å². The highest BCUT2D eigenvalue weighted by Crippen LogP contribution is 2.31. The number of oxazole rings is 1. The van der Waals surface area contributed by atoms with Gasteiger partial charge in [-0.05, 0) is 45.9 Å². The largest absolute Gasteiger partial charge is 0.438 e. The fourth-order valence-corrected chi connectivity index (χ4v) is 3.93. The van der Waals surface area contributed by atoms with Gasteiger partial charge in [0.25, 0.3) is 5.91 Å². The highest BCUT2D eigenvalue weighted by Gasteiger charge is 2.28. The molecular weight excluding hydrogens is 421 g/mol. The number of halogens is 2. The van der Waals surface area contributed by atoms with E-state index in [1.54, 1.807) is 30.5 Å². The molecule has 31 heavy (non-hydrogen) atoms. The third-order valence-corrected chi connectivity index (χ3v) is 5.47. The van der Waals surface area contributed by atoms with Crippen molar-refractivity contribution in [2.75, 3.05) is 7.05 Å². The molecule has 0 aliphatic carbocycles. The number of benzene rings is 1. The van der Waals surface area contributed by atoms with Crippen LogP contribution in [0.15, 0.2) is 35.1 Å². The maximum Gasteiger partial charge on any atom is 0.256 e. The van der Waals surface area contributed by atoms with E-state index < -0.39 is 5.82 Å². The van der Waals surface area contributed by atoms with Gasteiger partial charge in [-0.1, -0.05) is 0 Å². The van der Waals surface area contributed by atoms with Crippen molar-refractivity contribution in [2.45, 2.75) is 52.9 Å². The van der Waals surface area contributed by atoms with Crippen LogP contribution in [0.5, 0.6) is 0 Å². The summed E-state index contributed by atoms with van der Waals surface area (Å²) in [6.45, 7) is 9.57. The summed E-state index contributed by atoms with van der Waals surface area (Å²) in [5.41, 5.74) is 2.25. The van der Waals surface area contributed by atoms with Crippen LogP contribution in [0.1, 0.15) is 49.5 Å². The van der Waals surface area contributed by atoms with Gasteiger partial charge in [0.2, 0.25) is 5.89 Å². The van der Waals surface area contributed by atoms with Crippen molar-refractivity contribution in [3.05, 3.63) is 53.6 Å². The number of carbonyl (C=O) groups excluding carboxylic acids is 1. The number of fused-ring (bicyclic) bond motifs is 3. The Morgan fingerprint density at radius 2 is 1.90 bits per heavy atom. The van der Waals surface area contributed by atoms with Crippen LogP contribution in [0, 0.1) is 5.82 Å². The molecule has 0 saturated carbocycles. The van der Waals surface area contributed by atoms with Gasteiger partial charge in [-0.2, -0.15) is 0 Å². The number of amides is 1. The van der Waals surface area contributed by atoms with Gasteiger partial charge >= 0.3 is 0 Å². The second kappa shape index (κ2) is 8.80. The van der Waals surface area contributed by atoms with E-state index in [1.165, 1.54) is 12.1 Å². The van der Waals surface area contributed by atoms with Crippen LogP contribution < -0.4 is 0 Å². The minimum Gasteiger partial charge on any atom is -0.438 e. The van der Waals surface area contributed by atoms with Crippen LogP contribution in [0.25, 0.3) is 17.3 Å². The fraction of sp³-hybridized carbons (Fsp3) is 0.409. The molecule has 1 amide bonds. The Balaban J connectivity index is 0.00000272. The molecule has 3 aromatic rings. The predicted molar refractivity (Wildman–Crippen MR) is 118 cm³/mol. The maximum absolute atomic E-state index is 13.8. The summed E-state index contributed by atoms with van der Waals surface area (Å²) >= 11 is 0. The van der Waals surface area contributed by atoms with Gasteiger partial charge < -0.3 is 9.32 Å². The minimum atomic E-state index is -0.448. The molecule has 0 N–H and O–H groups in total. The number of carbonyl (C=O) groups is 1. The summed E-state index contributed by atoms with van der Waals surface area (Å²) in [5, 5.41) is 0. The Morgan fingerprint density at radius 3 is 2.58 bits per heavy atom. The molecule has 4 rings (SSSR count). The highest BCUT2D eigenvalue weighted by molar-refractivity contribution is 5.98. The SMILES string of the molecule is CC(C)N(Cc1cnc(-c2ncn3c2CN(C)C(=O)c2cc(F)ccc2-3)o1)C(C)C.Cl. The number of hydrogen-bond acceptors (Lipinski definition) is 5. The van der Waals surface area contributed by atoms with E-state index in [0.717, 1.165) is 11.5 Å². The van der Waals surface area contributed by atoms with E-state index in [1.807, 2.05) is 4.57 Å². The summed E-state index contributed by atoms with van der Waals surface area (Å²) < 4.78 is 21.6. The number of nitrogens with zero attached hydrogens (tertiary/aromatic N) is 5. The number of aromatic nitrogens is 3. The lowest BCUT2D eigenvalue weighted by atomic mass is 10.1. The Kier molecular flexibility index (Phi) is 6.52. The summed E-state index contributed by atoms with van der Waals surface area (Å²) in [7, 11) is 1.69. The lowest BCUT2D eigenvalue weighted by molar-refractivity contribution is 0.0787. The number of imidazole rings is 1.